The molecule has 1 amide bonds. The SMILES string of the molecule is Cc1ccc(C(=O)N2CCCC(S(N)(=O)=O)C2)c(O)c1. The molecule has 0 radical (unpaired) electrons. The van der Waals surface area contributed by atoms with Crippen LogP contribution in [0.25, 0.3) is 0 Å². The van der Waals surface area contributed by atoms with E-state index in [0.717, 1.165) is 5.56 Å². The summed E-state index contributed by atoms with van der Waals surface area (Å²) in [5, 5.41) is 14.2. The standard InChI is InChI=1S/C13H18N2O4S/c1-9-4-5-11(12(16)7-9)13(17)15-6-2-3-10(8-15)20(14,18)19/h4-5,7,10,16H,2-3,6,8H2,1H3,(H2,14,18,19). The quantitative estimate of drug-likeness (QED) is 0.834. The third kappa shape index (κ3) is 3.10. The largest absolute Gasteiger partial charge is 0.507 e. The van der Waals surface area contributed by atoms with Gasteiger partial charge in [-0.1, -0.05) is 6.07 Å². The molecular formula is C13H18N2O4S. The van der Waals surface area contributed by atoms with Crippen LogP contribution >= 0.6 is 0 Å². The van der Waals surface area contributed by atoms with Crippen molar-refractivity contribution in [3.8, 4) is 5.75 Å². The van der Waals surface area contributed by atoms with Gasteiger partial charge in [0.15, 0.2) is 0 Å². The number of rotatable bonds is 2. The van der Waals surface area contributed by atoms with Crippen molar-refractivity contribution in [2.24, 2.45) is 5.14 Å². The van der Waals surface area contributed by atoms with Gasteiger partial charge in [-0.2, -0.15) is 0 Å². The number of carbonyl (C=O) groups excluding carboxylic acids is 1. The number of hydrogen-bond donors (Lipinski definition) is 2. The van der Waals surface area contributed by atoms with Gasteiger partial charge in [0.05, 0.1) is 10.8 Å². The molecule has 3 N–H and O–H groups in total. The zero-order chi connectivity index (χ0) is 14.9. The van der Waals surface area contributed by atoms with E-state index in [1.165, 1.54) is 11.0 Å². The Balaban J connectivity index is 2.21. The van der Waals surface area contributed by atoms with Crippen LogP contribution in [0.1, 0.15) is 28.8 Å². The van der Waals surface area contributed by atoms with E-state index in [1.807, 2.05) is 6.92 Å². The minimum atomic E-state index is -3.65. The number of carbonyl (C=O) groups is 1. The number of hydrogen-bond acceptors (Lipinski definition) is 4. The van der Waals surface area contributed by atoms with Crippen LogP contribution in [0.5, 0.6) is 5.75 Å². The molecule has 1 fully saturated rings. The van der Waals surface area contributed by atoms with Crippen LogP contribution in [0.4, 0.5) is 0 Å². The van der Waals surface area contributed by atoms with Gasteiger partial charge in [-0.15, -0.1) is 0 Å². The van der Waals surface area contributed by atoms with Gasteiger partial charge in [-0.25, -0.2) is 13.6 Å². The lowest BCUT2D eigenvalue weighted by Crippen LogP contribution is -2.47. The summed E-state index contributed by atoms with van der Waals surface area (Å²) in [4.78, 5) is 13.8. The van der Waals surface area contributed by atoms with Gasteiger partial charge < -0.3 is 10.0 Å². The molecule has 6 nitrogen and oxygen atoms in total. The van der Waals surface area contributed by atoms with Crippen LogP contribution in [-0.2, 0) is 10.0 Å². The van der Waals surface area contributed by atoms with Crippen LogP contribution in [0.15, 0.2) is 18.2 Å². The number of phenols is 1. The van der Waals surface area contributed by atoms with Crippen molar-refractivity contribution in [2.45, 2.75) is 25.0 Å². The van der Waals surface area contributed by atoms with E-state index in [9.17, 15) is 18.3 Å². The lowest BCUT2D eigenvalue weighted by atomic mass is 10.1. The average Bonchev–Trinajstić information content (AvgIpc) is 2.37. The van der Waals surface area contributed by atoms with Crippen molar-refractivity contribution in [1.29, 1.82) is 0 Å². The Morgan fingerprint density at radius 1 is 1.45 bits per heavy atom. The highest BCUT2D eigenvalue weighted by atomic mass is 32.2. The van der Waals surface area contributed by atoms with E-state index in [-0.39, 0.29) is 23.8 Å². The van der Waals surface area contributed by atoms with Crippen molar-refractivity contribution < 1.29 is 18.3 Å². The summed E-state index contributed by atoms with van der Waals surface area (Å²) in [5.74, 6) is -0.455. The molecule has 1 unspecified atom stereocenters. The number of aryl methyl sites for hydroxylation is 1. The maximum atomic E-state index is 12.3. The molecule has 20 heavy (non-hydrogen) atoms. The molecule has 1 heterocycles. The van der Waals surface area contributed by atoms with Gasteiger partial charge in [-0.3, -0.25) is 4.79 Å². The molecule has 1 aromatic rings. The predicted molar refractivity (Wildman–Crippen MR) is 74.9 cm³/mol. The fourth-order valence-corrected chi connectivity index (χ4v) is 3.27. The van der Waals surface area contributed by atoms with E-state index in [4.69, 9.17) is 5.14 Å². The molecule has 1 aliphatic rings. The van der Waals surface area contributed by atoms with Crippen molar-refractivity contribution in [2.75, 3.05) is 13.1 Å². The second kappa shape index (κ2) is 5.41. The molecule has 0 bridgehead atoms. The lowest BCUT2D eigenvalue weighted by Gasteiger charge is -2.31. The molecule has 1 aromatic carbocycles. The number of benzene rings is 1. The highest BCUT2D eigenvalue weighted by Gasteiger charge is 2.31. The number of piperidine rings is 1. The van der Waals surface area contributed by atoms with Gasteiger partial charge in [0.25, 0.3) is 5.91 Å². The molecule has 0 aromatic heterocycles. The maximum absolute atomic E-state index is 12.3. The Morgan fingerprint density at radius 2 is 2.15 bits per heavy atom. The second-order valence-corrected chi connectivity index (χ2v) is 6.97. The number of amides is 1. The van der Waals surface area contributed by atoms with Crippen molar-refractivity contribution >= 4 is 15.9 Å². The molecule has 1 atom stereocenters. The normalized spacial score (nSPS) is 19.9. The van der Waals surface area contributed by atoms with Gasteiger partial charge >= 0.3 is 0 Å². The number of primary sulfonamides is 1. The molecule has 7 heteroatoms. The average molecular weight is 298 g/mol. The zero-order valence-electron chi connectivity index (χ0n) is 11.2. The van der Waals surface area contributed by atoms with E-state index in [0.29, 0.717) is 19.4 Å². The second-order valence-electron chi connectivity index (χ2n) is 5.13. The molecule has 0 spiro atoms. The van der Waals surface area contributed by atoms with Crippen LogP contribution in [0, 0.1) is 6.92 Å². The third-order valence-electron chi connectivity index (χ3n) is 3.51. The predicted octanol–water partition coefficient (Wildman–Crippen LogP) is 0.594. The van der Waals surface area contributed by atoms with E-state index in [2.05, 4.69) is 0 Å². The number of likely N-dealkylation sites (tertiary alicyclic amines) is 1. The van der Waals surface area contributed by atoms with Gasteiger partial charge in [0.1, 0.15) is 5.75 Å². The smallest absolute Gasteiger partial charge is 0.257 e. The first-order chi connectivity index (χ1) is 9.29. The van der Waals surface area contributed by atoms with Crippen molar-refractivity contribution in [3.05, 3.63) is 29.3 Å². The van der Waals surface area contributed by atoms with Gasteiger partial charge in [-0.05, 0) is 37.5 Å². The van der Waals surface area contributed by atoms with Crippen LogP contribution in [-0.4, -0.2) is 42.7 Å². The summed E-state index contributed by atoms with van der Waals surface area (Å²) >= 11 is 0. The van der Waals surface area contributed by atoms with E-state index >= 15 is 0 Å². The number of phenolic OH excluding ortho intramolecular Hbond substituents is 1. The van der Waals surface area contributed by atoms with Crippen LogP contribution in [0.2, 0.25) is 0 Å². The lowest BCUT2D eigenvalue weighted by molar-refractivity contribution is 0.0724. The van der Waals surface area contributed by atoms with Crippen LogP contribution in [0.3, 0.4) is 0 Å². The third-order valence-corrected chi connectivity index (χ3v) is 4.83. The van der Waals surface area contributed by atoms with E-state index < -0.39 is 15.3 Å². The topological polar surface area (TPSA) is 101 Å². The number of nitrogens with zero attached hydrogens (tertiary/aromatic N) is 1. The Hall–Kier alpha value is -1.60. The Bertz CT molecular complexity index is 627. The first-order valence-electron chi connectivity index (χ1n) is 6.39. The molecule has 2 rings (SSSR count). The maximum Gasteiger partial charge on any atom is 0.257 e. The number of nitrogens with two attached hydrogens (primary N) is 1. The van der Waals surface area contributed by atoms with Gasteiger partial charge in [0.2, 0.25) is 10.0 Å². The summed E-state index contributed by atoms with van der Waals surface area (Å²) in [7, 11) is -3.65. The molecule has 0 saturated carbocycles. The first kappa shape index (κ1) is 14.8. The molecule has 1 aliphatic heterocycles. The fourth-order valence-electron chi connectivity index (χ4n) is 2.38. The molecule has 0 aliphatic carbocycles. The minimum absolute atomic E-state index is 0.0744. The molecular weight excluding hydrogens is 280 g/mol. The van der Waals surface area contributed by atoms with Crippen LogP contribution < -0.4 is 5.14 Å². The summed E-state index contributed by atoms with van der Waals surface area (Å²) in [6.07, 6.45) is 1.04. The fraction of sp³-hybridized carbons (Fsp3) is 0.462. The van der Waals surface area contributed by atoms with Crippen molar-refractivity contribution in [1.82, 2.24) is 4.90 Å². The monoisotopic (exact) mass is 298 g/mol. The Morgan fingerprint density at radius 3 is 2.75 bits per heavy atom. The first-order valence-corrected chi connectivity index (χ1v) is 8.00. The minimum Gasteiger partial charge on any atom is -0.507 e. The van der Waals surface area contributed by atoms with E-state index in [1.54, 1.807) is 12.1 Å². The summed E-state index contributed by atoms with van der Waals surface area (Å²) < 4.78 is 22.8. The zero-order valence-corrected chi connectivity index (χ0v) is 12.1. The highest BCUT2D eigenvalue weighted by Crippen LogP contribution is 2.23. The van der Waals surface area contributed by atoms with Gasteiger partial charge in [0, 0.05) is 13.1 Å². The van der Waals surface area contributed by atoms with Crippen molar-refractivity contribution in [3.63, 3.8) is 0 Å². The number of sulfonamides is 1. The Kier molecular flexibility index (Phi) is 4.01. The summed E-state index contributed by atoms with van der Waals surface area (Å²) in [6, 6.07) is 4.79. The summed E-state index contributed by atoms with van der Waals surface area (Å²) in [5.41, 5.74) is 1.03. The Labute approximate surface area is 118 Å². The highest BCUT2D eigenvalue weighted by molar-refractivity contribution is 7.89. The molecule has 110 valence electrons. The number of aromatic hydroxyl groups is 1. The summed E-state index contributed by atoms with van der Waals surface area (Å²) in [6.45, 7) is 2.36. The molecule has 1 saturated heterocycles.